The number of thiophene rings is 1. The zero-order valence-corrected chi connectivity index (χ0v) is 17.1. The van der Waals surface area contributed by atoms with E-state index < -0.39 is 10.0 Å². The Morgan fingerprint density at radius 1 is 1.12 bits per heavy atom. The van der Waals surface area contributed by atoms with Crippen LogP contribution in [-0.4, -0.2) is 33.7 Å². The molecule has 1 N–H and O–H groups in total. The van der Waals surface area contributed by atoms with Gasteiger partial charge < -0.3 is 5.32 Å². The molecular weight excluding hydrogens is 368 g/mol. The van der Waals surface area contributed by atoms with Crippen molar-refractivity contribution < 1.29 is 13.2 Å². The lowest BCUT2D eigenvalue weighted by atomic mass is 10.0. The first-order chi connectivity index (χ1) is 12.4. The number of hydrogen-bond acceptors (Lipinski definition) is 4. The monoisotopic (exact) mass is 394 g/mol. The summed E-state index contributed by atoms with van der Waals surface area (Å²) in [6, 6.07) is 9.71. The Labute approximate surface area is 160 Å². The van der Waals surface area contributed by atoms with Gasteiger partial charge in [-0.25, -0.2) is 8.42 Å². The maximum atomic E-state index is 12.4. The Morgan fingerprint density at radius 3 is 2.27 bits per heavy atom. The third-order valence-electron chi connectivity index (χ3n) is 4.17. The van der Waals surface area contributed by atoms with Crippen LogP contribution in [0.4, 0.5) is 5.69 Å². The third-order valence-corrected chi connectivity index (χ3v) is 6.21. The summed E-state index contributed by atoms with van der Waals surface area (Å²) in [5.74, 6) is -0.0969. The summed E-state index contributed by atoms with van der Waals surface area (Å²) in [6.07, 6.45) is 3.04. The van der Waals surface area contributed by atoms with Gasteiger partial charge in [0.15, 0.2) is 0 Å². The molecule has 0 saturated carbocycles. The highest BCUT2D eigenvalue weighted by atomic mass is 32.2. The molecule has 1 aromatic heterocycles. The highest BCUT2D eigenvalue weighted by Gasteiger charge is 2.22. The number of amides is 1. The molecule has 0 unspecified atom stereocenters. The van der Waals surface area contributed by atoms with Gasteiger partial charge in [0.05, 0.1) is 24.9 Å². The first-order valence-electron chi connectivity index (χ1n) is 8.74. The van der Waals surface area contributed by atoms with E-state index in [1.807, 2.05) is 49.6 Å². The molecule has 0 aliphatic carbocycles. The van der Waals surface area contributed by atoms with Crippen molar-refractivity contribution in [3.63, 3.8) is 0 Å². The largest absolute Gasteiger partial charge is 0.354 e. The first-order valence-corrected chi connectivity index (χ1v) is 11.5. The van der Waals surface area contributed by atoms with E-state index in [1.54, 1.807) is 0 Å². The van der Waals surface area contributed by atoms with Crippen LogP contribution in [0.15, 0.2) is 35.7 Å². The molecule has 0 saturated heterocycles. The average Bonchev–Trinajstić information content (AvgIpc) is 3.10. The normalized spacial score (nSPS) is 11.3. The molecule has 142 valence electrons. The number of nitrogens with one attached hydrogen (secondary N) is 1. The molecule has 5 nitrogen and oxygen atoms in total. The molecule has 0 atom stereocenters. The van der Waals surface area contributed by atoms with Gasteiger partial charge in [0.2, 0.25) is 15.9 Å². The summed E-state index contributed by atoms with van der Waals surface area (Å²) in [6.45, 7) is 4.53. The van der Waals surface area contributed by atoms with Crippen molar-refractivity contribution in [2.45, 2.75) is 33.1 Å². The SMILES string of the molecule is CCc1cccc(CC)c1N(CCNC(=O)Cc1cccs1)S(C)(=O)=O. The molecule has 0 aliphatic rings. The van der Waals surface area contributed by atoms with Gasteiger partial charge in [-0.3, -0.25) is 9.10 Å². The zero-order valence-electron chi connectivity index (χ0n) is 15.5. The molecule has 26 heavy (non-hydrogen) atoms. The van der Waals surface area contributed by atoms with E-state index in [0.29, 0.717) is 6.42 Å². The van der Waals surface area contributed by atoms with Gasteiger partial charge in [-0.2, -0.15) is 0 Å². The van der Waals surface area contributed by atoms with Crippen molar-refractivity contribution in [2.75, 3.05) is 23.7 Å². The lowest BCUT2D eigenvalue weighted by Gasteiger charge is -2.27. The van der Waals surface area contributed by atoms with Crippen LogP contribution in [0.25, 0.3) is 0 Å². The number of aryl methyl sites for hydroxylation is 2. The highest BCUT2D eigenvalue weighted by molar-refractivity contribution is 7.92. The first kappa shape index (κ1) is 20.5. The van der Waals surface area contributed by atoms with E-state index in [-0.39, 0.29) is 19.0 Å². The summed E-state index contributed by atoms with van der Waals surface area (Å²) in [5.41, 5.74) is 2.76. The highest BCUT2D eigenvalue weighted by Crippen LogP contribution is 2.28. The van der Waals surface area contributed by atoms with Gasteiger partial charge in [0.1, 0.15) is 0 Å². The predicted molar refractivity (Wildman–Crippen MR) is 108 cm³/mol. The molecule has 2 rings (SSSR count). The van der Waals surface area contributed by atoms with E-state index in [1.165, 1.54) is 21.9 Å². The van der Waals surface area contributed by atoms with Gasteiger partial charge >= 0.3 is 0 Å². The van der Waals surface area contributed by atoms with Crippen molar-refractivity contribution in [3.8, 4) is 0 Å². The van der Waals surface area contributed by atoms with Crippen LogP contribution in [0, 0.1) is 0 Å². The van der Waals surface area contributed by atoms with Crippen LogP contribution < -0.4 is 9.62 Å². The number of carbonyl (C=O) groups excluding carboxylic acids is 1. The molecule has 1 amide bonds. The number of para-hydroxylation sites is 1. The Bertz CT molecular complexity index is 808. The summed E-state index contributed by atoms with van der Waals surface area (Å²) in [7, 11) is -3.45. The van der Waals surface area contributed by atoms with Crippen LogP contribution in [0.3, 0.4) is 0 Å². The quantitative estimate of drug-likeness (QED) is 0.711. The fourth-order valence-corrected chi connectivity index (χ4v) is 4.60. The van der Waals surface area contributed by atoms with Gasteiger partial charge in [-0.15, -0.1) is 11.3 Å². The van der Waals surface area contributed by atoms with Crippen LogP contribution in [-0.2, 0) is 34.1 Å². The number of rotatable bonds is 9. The van der Waals surface area contributed by atoms with Crippen molar-refractivity contribution in [1.82, 2.24) is 5.32 Å². The smallest absolute Gasteiger partial charge is 0.232 e. The van der Waals surface area contributed by atoms with Gasteiger partial charge in [-0.1, -0.05) is 38.1 Å². The van der Waals surface area contributed by atoms with Gasteiger partial charge in [0.25, 0.3) is 0 Å². The minimum absolute atomic E-state index is 0.0969. The second kappa shape index (κ2) is 9.19. The summed E-state index contributed by atoms with van der Waals surface area (Å²) in [5, 5.41) is 4.76. The van der Waals surface area contributed by atoms with Crippen molar-refractivity contribution in [3.05, 3.63) is 51.7 Å². The van der Waals surface area contributed by atoms with Crippen molar-refractivity contribution in [1.29, 1.82) is 0 Å². The molecule has 0 radical (unpaired) electrons. The Balaban J connectivity index is 2.13. The molecule has 0 fully saturated rings. The zero-order chi connectivity index (χ0) is 19.2. The second-order valence-electron chi connectivity index (χ2n) is 6.07. The van der Waals surface area contributed by atoms with Gasteiger partial charge in [-0.05, 0) is 35.4 Å². The number of benzene rings is 1. The summed E-state index contributed by atoms with van der Waals surface area (Å²) < 4.78 is 26.3. The van der Waals surface area contributed by atoms with E-state index in [9.17, 15) is 13.2 Å². The predicted octanol–water partition coefficient (Wildman–Crippen LogP) is 3.00. The lowest BCUT2D eigenvalue weighted by molar-refractivity contribution is -0.120. The van der Waals surface area contributed by atoms with E-state index in [4.69, 9.17) is 0 Å². The van der Waals surface area contributed by atoms with Crippen LogP contribution in [0.5, 0.6) is 0 Å². The van der Waals surface area contributed by atoms with E-state index in [2.05, 4.69) is 5.32 Å². The molecule has 1 heterocycles. The van der Waals surface area contributed by atoms with Crippen LogP contribution in [0.2, 0.25) is 0 Å². The van der Waals surface area contributed by atoms with Crippen LogP contribution >= 0.6 is 11.3 Å². The molecule has 0 bridgehead atoms. The average molecular weight is 395 g/mol. The number of carbonyl (C=O) groups is 1. The molecule has 2 aromatic rings. The standard InChI is InChI=1S/C19H26N2O3S2/c1-4-15-8-6-9-16(5-2)19(15)21(26(3,23)24)12-11-20-18(22)14-17-10-7-13-25-17/h6-10,13H,4-5,11-12,14H2,1-3H3,(H,20,22). The van der Waals surface area contributed by atoms with E-state index in [0.717, 1.165) is 34.5 Å². The molecule has 7 heteroatoms. The molecule has 0 aliphatic heterocycles. The van der Waals surface area contributed by atoms with Gasteiger partial charge in [0, 0.05) is 11.4 Å². The molecular formula is C19H26N2O3S2. The maximum Gasteiger partial charge on any atom is 0.232 e. The van der Waals surface area contributed by atoms with Crippen molar-refractivity contribution >= 4 is 33.0 Å². The maximum absolute atomic E-state index is 12.4. The topological polar surface area (TPSA) is 66.5 Å². The Morgan fingerprint density at radius 2 is 1.77 bits per heavy atom. The van der Waals surface area contributed by atoms with Crippen LogP contribution in [0.1, 0.15) is 29.9 Å². The summed E-state index contributed by atoms with van der Waals surface area (Å²) in [4.78, 5) is 13.0. The lowest BCUT2D eigenvalue weighted by Crippen LogP contribution is -2.39. The molecule has 1 aromatic carbocycles. The van der Waals surface area contributed by atoms with Crippen molar-refractivity contribution in [2.24, 2.45) is 0 Å². The number of hydrogen-bond donors (Lipinski definition) is 1. The summed E-state index contributed by atoms with van der Waals surface area (Å²) >= 11 is 1.53. The molecule has 0 spiro atoms. The van der Waals surface area contributed by atoms with E-state index >= 15 is 0 Å². The minimum Gasteiger partial charge on any atom is -0.354 e. The Hall–Kier alpha value is -1.86. The number of sulfonamides is 1. The second-order valence-corrected chi connectivity index (χ2v) is 9.01. The minimum atomic E-state index is -3.45. The fraction of sp³-hybridized carbons (Fsp3) is 0.421. The Kier molecular flexibility index (Phi) is 7.23. The number of anilines is 1. The third kappa shape index (κ3) is 5.32. The fourth-order valence-electron chi connectivity index (χ4n) is 2.91. The number of nitrogens with zero attached hydrogens (tertiary/aromatic N) is 1.